The van der Waals surface area contributed by atoms with E-state index < -0.39 is 0 Å². The second-order valence-corrected chi connectivity index (χ2v) is 7.26. The summed E-state index contributed by atoms with van der Waals surface area (Å²) in [6.45, 7) is 4.30. The van der Waals surface area contributed by atoms with Gasteiger partial charge in [-0.3, -0.25) is 0 Å². The average Bonchev–Trinajstić information content (AvgIpc) is 3.19. The number of rotatable bonds is 3. The zero-order valence-electron chi connectivity index (χ0n) is 16.4. The van der Waals surface area contributed by atoms with Crippen molar-refractivity contribution in [1.29, 1.82) is 0 Å². The van der Waals surface area contributed by atoms with E-state index in [1.807, 2.05) is 36.4 Å². The fourth-order valence-electron chi connectivity index (χ4n) is 3.87. The van der Waals surface area contributed by atoms with E-state index in [2.05, 4.69) is 66.3 Å². The van der Waals surface area contributed by atoms with E-state index >= 15 is 0 Å². The lowest BCUT2D eigenvalue weighted by Crippen LogP contribution is -1.87. The van der Waals surface area contributed by atoms with Crippen LogP contribution in [0.4, 0.5) is 0 Å². The molecular weight excluding hydrogens is 356 g/mol. The van der Waals surface area contributed by atoms with E-state index in [0.717, 1.165) is 28.1 Å². The van der Waals surface area contributed by atoms with Crippen molar-refractivity contribution in [2.24, 2.45) is 0 Å². The first-order valence-corrected chi connectivity index (χ1v) is 9.68. The van der Waals surface area contributed by atoms with Crippen LogP contribution >= 0.6 is 0 Å². The number of hydrogen-bond acceptors (Lipinski definition) is 3. The summed E-state index contributed by atoms with van der Waals surface area (Å²) in [7, 11) is 0. The van der Waals surface area contributed by atoms with Gasteiger partial charge in [0.1, 0.15) is 23.3 Å². The summed E-state index contributed by atoms with van der Waals surface area (Å²) in [6, 6.07) is 27.0. The molecule has 0 atom stereocenters. The van der Waals surface area contributed by atoms with Gasteiger partial charge in [0.15, 0.2) is 5.58 Å². The van der Waals surface area contributed by atoms with Gasteiger partial charge in [-0.15, -0.1) is 0 Å². The number of furan rings is 1. The molecule has 0 aliphatic heterocycles. The Morgan fingerprint density at radius 3 is 2.07 bits per heavy atom. The molecule has 2 heterocycles. The van der Waals surface area contributed by atoms with Crippen LogP contribution in [0.25, 0.3) is 44.8 Å². The van der Waals surface area contributed by atoms with E-state index in [4.69, 9.17) is 4.42 Å². The molecule has 0 saturated heterocycles. The first-order valence-electron chi connectivity index (χ1n) is 9.68. The zero-order valence-corrected chi connectivity index (χ0v) is 16.4. The number of aromatic nitrogens is 2. The number of nitrogens with zero attached hydrogens (tertiary/aromatic N) is 2. The van der Waals surface area contributed by atoms with Crippen LogP contribution in [0.15, 0.2) is 89.6 Å². The van der Waals surface area contributed by atoms with E-state index in [1.165, 1.54) is 22.3 Å². The standard InChI is InChI=1S/C26H20N2O/c1-17-7-6-8-18(2)24(17)20-13-11-19(12-14-20)23-15-22-26(29-23)25(28-16-27-22)21-9-4-3-5-10-21/h3-16H,1-2H3. The van der Waals surface area contributed by atoms with Gasteiger partial charge < -0.3 is 4.42 Å². The van der Waals surface area contributed by atoms with Gasteiger partial charge in [-0.05, 0) is 36.1 Å². The molecule has 3 aromatic carbocycles. The lowest BCUT2D eigenvalue weighted by atomic mass is 9.95. The Balaban J connectivity index is 1.57. The number of aryl methyl sites for hydroxylation is 2. The van der Waals surface area contributed by atoms with Gasteiger partial charge in [0.25, 0.3) is 0 Å². The Labute approximate surface area is 169 Å². The normalized spacial score (nSPS) is 11.1. The minimum Gasteiger partial charge on any atom is -0.452 e. The van der Waals surface area contributed by atoms with Crippen molar-refractivity contribution < 1.29 is 4.42 Å². The lowest BCUT2D eigenvalue weighted by Gasteiger charge is -2.10. The molecule has 0 spiro atoms. The SMILES string of the molecule is Cc1cccc(C)c1-c1ccc(-c2cc3ncnc(-c4ccccc4)c3o2)cc1. The molecule has 5 rings (SSSR count). The Morgan fingerprint density at radius 1 is 0.655 bits per heavy atom. The molecule has 0 aliphatic rings. The molecule has 3 nitrogen and oxygen atoms in total. The fraction of sp³-hybridized carbons (Fsp3) is 0.0769. The monoisotopic (exact) mass is 376 g/mol. The molecule has 2 aromatic heterocycles. The average molecular weight is 376 g/mol. The predicted octanol–water partition coefficient (Wildman–Crippen LogP) is 6.84. The third-order valence-corrected chi connectivity index (χ3v) is 5.30. The highest BCUT2D eigenvalue weighted by Crippen LogP contribution is 2.34. The van der Waals surface area contributed by atoms with Crippen LogP contribution in [0.2, 0.25) is 0 Å². The summed E-state index contributed by atoms with van der Waals surface area (Å²) < 4.78 is 6.21. The number of fused-ring (bicyclic) bond motifs is 1. The van der Waals surface area contributed by atoms with Crippen LogP contribution in [0.1, 0.15) is 11.1 Å². The van der Waals surface area contributed by atoms with Gasteiger partial charge in [-0.1, -0.05) is 72.8 Å². The summed E-state index contributed by atoms with van der Waals surface area (Å²) >= 11 is 0. The smallest absolute Gasteiger partial charge is 0.179 e. The Hall–Kier alpha value is -3.72. The zero-order chi connectivity index (χ0) is 19.8. The van der Waals surface area contributed by atoms with Gasteiger partial charge in [-0.25, -0.2) is 9.97 Å². The minimum atomic E-state index is 0.715. The quantitative estimate of drug-likeness (QED) is 0.346. The highest BCUT2D eigenvalue weighted by molar-refractivity contribution is 5.90. The maximum atomic E-state index is 6.21. The first-order chi connectivity index (χ1) is 14.2. The lowest BCUT2D eigenvalue weighted by molar-refractivity contribution is 0.630. The fourth-order valence-corrected chi connectivity index (χ4v) is 3.87. The summed E-state index contributed by atoms with van der Waals surface area (Å²) in [4.78, 5) is 8.85. The first kappa shape index (κ1) is 17.4. The second-order valence-electron chi connectivity index (χ2n) is 7.26. The second kappa shape index (κ2) is 7.02. The molecule has 0 aliphatic carbocycles. The van der Waals surface area contributed by atoms with Crippen molar-refractivity contribution in [2.75, 3.05) is 0 Å². The van der Waals surface area contributed by atoms with E-state index in [-0.39, 0.29) is 0 Å². The van der Waals surface area contributed by atoms with Crippen molar-refractivity contribution in [3.8, 4) is 33.7 Å². The van der Waals surface area contributed by atoms with Crippen LogP contribution in [-0.2, 0) is 0 Å². The third-order valence-electron chi connectivity index (χ3n) is 5.30. The van der Waals surface area contributed by atoms with Crippen LogP contribution < -0.4 is 0 Å². The molecule has 3 heteroatoms. The molecule has 29 heavy (non-hydrogen) atoms. The van der Waals surface area contributed by atoms with Gasteiger partial charge in [-0.2, -0.15) is 0 Å². The number of hydrogen-bond donors (Lipinski definition) is 0. The van der Waals surface area contributed by atoms with Crippen molar-refractivity contribution in [3.05, 3.63) is 96.3 Å². The van der Waals surface area contributed by atoms with Crippen LogP contribution in [0.3, 0.4) is 0 Å². The molecule has 0 unspecified atom stereocenters. The topological polar surface area (TPSA) is 38.9 Å². The van der Waals surface area contributed by atoms with Gasteiger partial charge in [0.05, 0.1) is 0 Å². The van der Waals surface area contributed by atoms with Crippen molar-refractivity contribution >= 4 is 11.1 Å². The van der Waals surface area contributed by atoms with Crippen LogP contribution in [-0.4, -0.2) is 9.97 Å². The molecule has 0 fully saturated rings. The van der Waals surface area contributed by atoms with Gasteiger partial charge in [0.2, 0.25) is 0 Å². The maximum Gasteiger partial charge on any atom is 0.179 e. The highest BCUT2D eigenvalue weighted by Gasteiger charge is 2.14. The highest BCUT2D eigenvalue weighted by atomic mass is 16.3. The Kier molecular flexibility index (Phi) is 4.21. The van der Waals surface area contributed by atoms with Gasteiger partial charge in [0, 0.05) is 17.2 Å². The summed E-state index contributed by atoms with van der Waals surface area (Å²) in [5, 5.41) is 0. The predicted molar refractivity (Wildman–Crippen MR) is 118 cm³/mol. The molecule has 0 N–H and O–H groups in total. The molecule has 0 radical (unpaired) electrons. The molecule has 0 amide bonds. The molecular formula is C26H20N2O. The van der Waals surface area contributed by atoms with E-state index in [0.29, 0.717) is 5.58 Å². The summed E-state index contributed by atoms with van der Waals surface area (Å²) in [5.74, 6) is 0.797. The third kappa shape index (κ3) is 3.11. The Bertz CT molecular complexity index is 1280. The van der Waals surface area contributed by atoms with Gasteiger partial charge >= 0.3 is 0 Å². The summed E-state index contributed by atoms with van der Waals surface area (Å²) in [5.41, 5.74) is 9.46. The van der Waals surface area contributed by atoms with Crippen molar-refractivity contribution in [2.45, 2.75) is 13.8 Å². The van der Waals surface area contributed by atoms with Crippen molar-refractivity contribution in [1.82, 2.24) is 9.97 Å². The molecule has 5 aromatic rings. The van der Waals surface area contributed by atoms with Crippen LogP contribution in [0, 0.1) is 13.8 Å². The molecule has 0 bridgehead atoms. The maximum absolute atomic E-state index is 6.21. The Morgan fingerprint density at radius 2 is 1.34 bits per heavy atom. The summed E-state index contributed by atoms with van der Waals surface area (Å²) in [6.07, 6.45) is 1.59. The van der Waals surface area contributed by atoms with E-state index in [9.17, 15) is 0 Å². The molecule has 140 valence electrons. The van der Waals surface area contributed by atoms with E-state index in [1.54, 1.807) is 6.33 Å². The van der Waals surface area contributed by atoms with Crippen molar-refractivity contribution in [3.63, 3.8) is 0 Å². The number of benzene rings is 3. The minimum absolute atomic E-state index is 0.715. The molecule has 0 saturated carbocycles. The largest absolute Gasteiger partial charge is 0.452 e. The van der Waals surface area contributed by atoms with Crippen LogP contribution in [0.5, 0.6) is 0 Å².